The maximum absolute atomic E-state index is 12.7. The Kier molecular flexibility index (Phi) is 7.54. The monoisotopic (exact) mass is 444 g/mol. The first-order valence-corrected chi connectivity index (χ1v) is 10.2. The van der Waals surface area contributed by atoms with Gasteiger partial charge >= 0.3 is 6.18 Å². The number of carbonyl (C=O) groups is 2. The summed E-state index contributed by atoms with van der Waals surface area (Å²) in [5.74, 6) is 5.09. The highest BCUT2D eigenvalue weighted by Crippen LogP contribution is 2.29. The summed E-state index contributed by atoms with van der Waals surface area (Å²) in [6, 6.07) is 10.9. The Bertz CT molecular complexity index is 1020. The molecular formula is C24H23F3N2O3. The second-order valence-electron chi connectivity index (χ2n) is 7.62. The highest BCUT2D eigenvalue weighted by molar-refractivity contribution is 5.98. The summed E-state index contributed by atoms with van der Waals surface area (Å²) in [6.07, 6.45) is -3.14. The van der Waals surface area contributed by atoms with Crippen LogP contribution in [0.5, 0.6) is 5.75 Å². The maximum atomic E-state index is 12.7. The van der Waals surface area contributed by atoms with Crippen molar-refractivity contribution in [3.05, 3.63) is 65.2 Å². The van der Waals surface area contributed by atoms with Gasteiger partial charge in [-0.2, -0.15) is 13.2 Å². The number of phenolic OH excluding ortho intramolecular Hbond substituents is 1. The number of phenols is 1. The third-order valence-corrected chi connectivity index (χ3v) is 5.27. The van der Waals surface area contributed by atoms with Crippen molar-refractivity contribution in [1.82, 2.24) is 10.2 Å². The van der Waals surface area contributed by atoms with Crippen LogP contribution < -0.4 is 5.32 Å². The predicted octanol–water partition coefficient (Wildman–Crippen LogP) is 3.47. The first-order valence-electron chi connectivity index (χ1n) is 10.2. The first kappa shape index (κ1) is 23.4. The van der Waals surface area contributed by atoms with Gasteiger partial charge in [0.05, 0.1) is 18.7 Å². The molecule has 1 heterocycles. The molecule has 0 bridgehead atoms. The van der Waals surface area contributed by atoms with Crippen LogP contribution in [0.25, 0.3) is 0 Å². The average Bonchev–Trinajstić information content (AvgIpc) is 2.77. The third-order valence-electron chi connectivity index (χ3n) is 5.27. The van der Waals surface area contributed by atoms with E-state index in [-0.39, 0.29) is 42.0 Å². The molecule has 0 saturated carbocycles. The van der Waals surface area contributed by atoms with Gasteiger partial charge in [-0.15, -0.1) is 0 Å². The van der Waals surface area contributed by atoms with E-state index in [0.29, 0.717) is 31.5 Å². The summed E-state index contributed by atoms with van der Waals surface area (Å²) >= 11 is 0. The largest absolute Gasteiger partial charge is 0.508 e. The minimum atomic E-state index is -4.42. The number of hydrogen-bond donors (Lipinski definition) is 2. The normalized spacial score (nSPS) is 15.0. The summed E-state index contributed by atoms with van der Waals surface area (Å²) in [4.78, 5) is 26.6. The molecule has 0 aromatic heterocycles. The Morgan fingerprint density at radius 3 is 2.44 bits per heavy atom. The fourth-order valence-electron chi connectivity index (χ4n) is 3.54. The highest BCUT2D eigenvalue weighted by Gasteiger charge is 2.30. The van der Waals surface area contributed by atoms with E-state index in [1.165, 1.54) is 24.3 Å². The molecule has 1 aliphatic rings. The van der Waals surface area contributed by atoms with Crippen LogP contribution in [0.4, 0.5) is 13.2 Å². The van der Waals surface area contributed by atoms with E-state index in [0.717, 1.165) is 12.1 Å². The van der Waals surface area contributed by atoms with E-state index < -0.39 is 11.7 Å². The lowest BCUT2D eigenvalue weighted by molar-refractivity contribution is -0.137. The van der Waals surface area contributed by atoms with Crippen molar-refractivity contribution in [3.63, 3.8) is 0 Å². The van der Waals surface area contributed by atoms with Crippen LogP contribution in [0, 0.1) is 17.8 Å². The maximum Gasteiger partial charge on any atom is 0.416 e. The van der Waals surface area contributed by atoms with Crippen LogP contribution in [-0.4, -0.2) is 47.9 Å². The number of carbonyl (C=O) groups excluding carboxylic acids is 2. The van der Waals surface area contributed by atoms with Crippen molar-refractivity contribution >= 4 is 11.7 Å². The molecule has 0 unspecified atom stereocenters. The van der Waals surface area contributed by atoms with Gasteiger partial charge in [0.2, 0.25) is 5.91 Å². The summed E-state index contributed by atoms with van der Waals surface area (Å²) < 4.78 is 38.1. The second-order valence-corrected chi connectivity index (χ2v) is 7.62. The molecular weight excluding hydrogens is 421 g/mol. The number of amides is 1. The average molecular weight is 444 g/mol. The van der Waals surface area contributed by atoms with Gasteiger partial charge in [0.15, 0.2) is 5.78 Å². The lowest BCUT2D eigenvalue weighted by Gasteiger charge is -2.30. The van der Waals surface area contributed by atoms with Gasteiger partial charge in [-0.05, 0) is 68.4 Å². The molecule has 1 fully saturated rings. The number of rotatable bonds is 5. The number of aromatic hydroxyl groups is 1. The number of piperidine rings is 1. The molecule has 2 N–H and O–H groups in total. The van der Waals surface area contributed by atoms with Crippen LogP contribution in [0.3, 0.4) is 0 Å². The van der Waals surface area contributed by atoms with Crippen molar-refractivity contribution in [2.75, 3.05) is 26.2 Å². The molecule has 1 saturated heterocycles. The molecule has 3 rings (SSSR count). The molecule has 32 heavy (non-hydrogen) atoms. The van der Waals surface area contributed by atoms with Crippen molar-refractivity contribution in [2.24, 2.45) is 5.92 Å². The second kappa shape index (κ2) is 10.3. The van der Waals surface area contributed by atoms with Gasteiger partial charge in [-0.25, -0.2) is 0 Å². The van der Waals surface area contributed by atoms with Crippen LogP contribution in [0.1, 0.15) is 34.3 Å². The lowest BCUT2D eigenvalue weighted by atomic mass is 9.89. The molecule has 0 aliphatic carbocycles. The highest BCUT2D eigenvalue weighted by atomic mass is 19.4. The topological polar surface area (TPSA) is 69.6 Å². The van der Waals surface area contributed by atoms with Gasteiger partial charge < -0.3 is 10.4 Å². The summed E-state index contributed by atoms with van der Waals surface area (Å²) in [5.41, 5.74) is 0.0356. The molecule has 0 spiro atoms. The van der Waals surface area contributed by atoms with E-state index in [4.69, 9.17) is 0 Å². The number of nitrogens with one attached hydrogen (secondary N) is 1. The van der Waals surface area contributed by atoms with Crippen LogP contribution in [0.15, 0.2) is 48.5 Å². The standard InChI is InChI=1S/C24H23F3N2O3/c25-24(26,27)20-5-1-3-17(15-20)4-2-12-28-22(31)16-29-13-10-19(11-14-29)23(32)18-6-8-21(30)9-7-18/h1,3,5-9,15,19,30H,10-14,16H2,(H,28,31). The Morgan fingerprint density at radius 1 is 1.09 bits per heavy atom. The Hall–Kier alpha value is -3.31. The fourth-order valence-corrected chi connectivity index (χ4v) is 3.54. The molecule has 168 valence electrons. The SMILES string of the molecule is O=C(CN1CCC(C(=O)c2ccc(O)cc2)CC1)NCC#Cc1cccc(C(F)(F)F)c1. The zero-order chi connectivity index (χ0) is 23.1. The van der Waals surface area contributed by atoms with E-state index in [9.17, 15) is 27.9 Å². The van der Waals surface area contributed by atoms with E-state index in [2.05, 4.69) is 17.2 Å². The first-order chi connectivity index (χ1) is 15.2. The quantitative estimate of drug-likeness (QED) is 0.547. The number of likely N-dealkylation sites (tertiary alicyclic amines) is 1. The van der Waals surface area contributed by atoms with E-state index in [1.54, 1.807) is 12.1 Å². The number of halogens is 3. The molecule has 1 amide bonds. The van der Waals surface area contributed by atoms with Gasteiger partial charge in [0.1, 0.15) is 5.75 Å². The van der Waals surface area contributed by atoms with Gasteiger partial charge in [0.25, 0.3) is 0 Å². The van der Waals surface area contributed by atoms with Crippen molar-refractivity contribution < 1.29 is 27.9 Å². The molecule has 0 atom stereocenters. The predicted molar refractivity (Wildman–Crippen MR) is 113 cm³/mol. The Balaban J connectivity index is 1.41. The number of alkyl halides is 3. The third kappa shape index (κ3) is 6.59. The fraction of sp³-hybridized carbons (Fsp3) is 0.333. The van der Waals surface area contributed by atoms with Gasteiger partial charge in [-0.3, -0.25) is 14.5 Å². The molecule has 1 aliphatic heterocycles. The lowest BCUT2D eigenvalue weighted by Crippen LogP contribution is -2.42. The molecule has 8 heteroatoms. The molecule has 2 aromatic carbocycles. The van der Waals surface area contributed by atoms with Crippen LogP contribution in [0.2, 0.25) is 0 Å². The number of nitrogens with zero attached hydrogens (tertiary/aromatic N) is 1. The van der Waals surface area contributed by atoms with E-state index in [1.807, 2.05) is 4.90 Å². The zero-order valence-electron chi connectivity index (χ0n) is 17.3. The van der Waals surface area contributed by atoms with Crippen molar-refractivity contribution in [3.8, 4) is 17.6 Å². The van der Waals surface area contributed by atoms with Gasteiger partial charge in [-0.1, -0.05) is 17.9 Å². The Labute approximate surface area is 184 Å². The van der Waals surface area contributed by atoms with Crippen molar-refractivity contribution in [2.45, 2.75) is 19.0 Å². The van der Waals surface area contributed by atoms with Gasteiger partial charge in [0, 0.05) is 17.0 Å². The number of hydrogen-bond acceptors (Lipinski definition) is 4. The van der Waals surface area contributed by atoms with Crippen molar-refractivity contribution in [1.29, 1.82) is 0 Å². The van der Waals surface area contributed by atoms with Crippen LogP contribution in [-0.2, 0) is 11.0 Å². The summed E-state index contributed by atoms with van der Waals surface area (Å²) in [5, 5.41) is 12.0. The summed E-state index contributed by atoms with van der Waals surface area (Å²) in [7, 11) is 0. The minimum absolute atomic E-state index is 0.0326. The zero-order valence-corrected chi connectivity index (χ0v) is 17.3. The molecule has 2 aromatic rings. The minimum Gasteiger partial charge on any atom is -0.508 e. The summed E-state index contributed by atoms with van der Waals surface area (Å²) in [6.45, 7) is 1.42. The van der Waals surface area contributed by atoms with Crippen LogP contribution >= 0.6 is 0 Å². The smallest absolute Gasteiger partial charge is 0.416 e. The number of ketones is 1. The molecule has 5 nitrogen and oxygen atoms in total. The molecule has 0 radical (unpaired) electrons. The Morgan fingerprint density at radius 2 is 1.78 bits per heavy atom. The van der Waals surface area contributed by atoms with E-state index >= 15 is 0 Å². The number of Topliss-reactive ketones (excluding diaryl/α,β-unsaturated/α-hetero) is 1. The number of benzene rings is 2.